The van der Waals surface area contributed by atoms with Crippen LogP contribution in [0, 0.1) is 23.7 Å². The summed E-state index contributed by atoms with van der Waals surface area (Å²) in [5, 5.41) is 13.4. The van der Waals surface area contributed by atoms with E-state index in [0.29, 0.717) is 24.6 Å². The van der Waals surface area contributed by atoms with Crippen LogP contribution in [0.3, 0.4) is 0 Å². The van der Waals surface area contributed by atoms with Crippen LogP contribution in [0.15, 0.2) is 0 Å². The van der Waals surface area contributed by atoms with E-state index in [-0.39, 0.29) is 0 Å². The van der Waals surface area contributed by atoms with Crippen molar-refractivity contribution in [2.45, 2.75) is 59.0 Å². The summed E-state index contributed by atoms with van der Waals surface area (Å²) in [6.07, 6.45) is 3.92. The second kappa shape index (κ2) is 7.24. The zero-order chi connectivity index (χ0) is 14.7. The number of nitrogens with zero attached hydrogens (tertiary/aromatic N) is 1. The minimum Gasteiger partial charge on any atom is -0.395 e. The number of likely N-dealkylation sites (tertiary alicyclic amines) is 1. The zero-order valence-electron chi connectivity index (χ0n) is 13.8. The third kappa shape index (κ3) is 3.55. The van der Waals surface area contributed by atoms with Gasteiger partial charge in [0, 0.05) is 18.6 Å². The van der Waals surface area contributed by atoms with Crippen molar-refractivity contribution in [3.8, 4) is 0 Å². The molecule has 1 saturated heterocycles. The minimum atomic E-state index is 0.324. The zero-order valence-corrected chi connectivity index (χ0v) is 13.8. The highest BCUT2D eigenvalue weighted by molar-refractivity contribution is 4.92. The molecule has 0 bridgehead atoms. The fourth-order valence-electron chi connectivity index (χ4n) is 4.60. The van der Waals surface area contributed by atoms with Gasteiger partial charge in [0.2, 0.25) is 0 Å². The maximum Gasteiger partial charge on any atom is 0.0589 e. The maximum atomic E-state index is 9.66. The molecule has 0 aromatic rings. The highest BCUT2D eigenvalue weighted by Gasteiger charge is 2.38. The summed E-state index contributed by atoms with van der Waals surface area (Å²) in [5.74, 6) is 3.02. The Morgan fingerprint density at radius 3 is 2.55 bits per heavy atom. The van der Waals surface area contributed by atoms with Gasteiger partial charge in [-0.3, -0.25) is 4.90 Å². The van der Waals surface area contributed by atoms with Crippen LogP contribution in [0.4, 0.5) is 0 Å². The number of rotatable bonds is 5. The maximum absolute atomic E-state index is 9.66. The fourth-order valence-corrected chi connectivity index (χ4v) is 4.60. The van der Waals surface area contributed by atoms with Crippen molar-refractivity contribution < 1.29 is 5.11 Å². The first-order valence-electron chi connectivity index (χ1n) is 8.65. The molecule has 3 nitrogen and oxygen atoms in total. The molecular weight excluding hydrogens is 248 g/mol. The largest absolute Gasteiger partial charge is 0.395 e. The Balaban J connectivity index is 2.01. The molecule has 1 aliphatic carbocycles. The van der Waals surface area contributed by atoms with Gasteiger partial charge in [0.15, 0.2) is 0 Å². The van der Waals surface area contributed by atoms with Crippen molar-refractivity contribution in [2.75, 3.05) is 26.2 Å². The molecule has 0 radical (unpaired) electrons. The second-order valence-electron chi connectivity index (χ2n) is 7.39. The molecular formula is C17H34N2O. The Bertz CT molecular complexity index is 297. The normalized spacial score (nSPS) is 43.0. The van der Waals surface area contributed by atoms with Crippen molar-refractivity contribution in [2.24, 2.45) is 23.7 Å². The van der Waals surface area contributed by atoms with Gasteiger partial charge in [-0.2, -0.15) is 0 Å². The van der Waals surface area contributed by atoms with Crippen molar-refractivity contribution in [3.05, 3.63) is 0 Å². The van der Waals surface area contributed by atoms with E-state index in [4.69, 9.17) is 0 Å². The first-order valence-corrected chi connectivity index (χ1v) is 8.65. The average molecular weight is 282 g/mol. The molecule has 0 spiro atoms. The van der Waals surface area contributed by atoms with Crippen LogP contribution in [-0.2, 0) is 0 Å². The molecule has 20 heavy (non-hydrogen) atoms. The summed E-state index contributed by atoms with van der Waals surface area (Å²) < 4.78 is 0. The monoisotopic (exact) mass is 282 g/mol. The molecule has 0 aromatic heterocycles. The van der Waals surface area contributed by atoms with E-state index < -0.39 is 0 Å². The summed E-state index contributed by atoms with van der Waals surface area (Å²) >= 11 is 0. The smallest absolute Gasteiger partial charge is 0.0589 e. The van der Waals surface area contributed by atoms with Gasteiger partial charge < -0.3 is 10.4 Å². The Kier molecular flexibility index (Phi) is 5.88. The van der Waals surface area contributed by atoms with Gasteiger partial charge in [-0.05, 0) is 56.0 Å². The van der Waals surface area contributed by atoms with Gasteiger partial charge in [-0.1, -0.05) is 27.7 Å². The lowest BCUT2D eigenvalue weighted by Crippen LogP contribution is -2.50. The van der Waals surface area contributed by atoms with Crippen molar-refractivity contribution >= 4 is 0 Å². The third-order valence-corrected chi connectivity index (χ3v) is 5.77. The van der Waals surface area contributed by atoms with Crippen molar-refractivity contribution in [1.29, 1.82) is 0 Å². The number of aliphatic hydroxyl groups is 1. The van der Waals surface area contributed by atoms with E-state index in [0.717, 1.165) is 24.3 Å². The molecule has 1 aliphatic heterocycles. The van der Waals surface area contributed by atoms with E-state index in [1.807, 2.05) is 0 Å². The number of aliphatic hydroxyl groups excluding tert-OH is 1. The van der Waals surface area contributed by atoms with Gasteiger partial charge >= 0.3 is 0 Å². The summed E-state index contributed by atoms with van der Waals surface area (Å²) in [6, 6.07) is 1.05. The number of hydrogen-bond donors (Lipinski definition) is 2. The summed E-state index contributed by atoms with van der Waals surface area (Å²) in [7, 11) is 0. The van der Waals surface area contributed by atoms with Gasteiger partial charge in [0.1, 0.15) is 0 Å². The van der Waals surface area contributed by atoms with Crippen LogP contribution in [0.25, 0.3) is 0 Å². The van der Waals surface area contributed by atoms with E-state index >= 15 is 0 Å². The van der Waals surface area contributed by atoms with Crippen LogP contribution in [0.1, 0.15) is 47.0 Å². The summed E-state index contributed by atoms with van der Waals surface area (Å²) in [6.45, 7) is 13.1. The summed E-state index contributed by atoms with van der Waals surface area (Å²) in [4.78, 5) is 2.56. The van der Waals surface area contributed by atoms with E-state index in [1.54, 1.807) is 0 Å². The standard InChI is InChI=1S/C17H34N2O/c1-5-18-16-9-12(2)8-14(4)15(16)10-19-7-6-13(3)17(19)11-20/h12-18,20H,5-11H2,1-4H3. The molecule has 0 amide bonds. The first kappa shape index (κ1) is 16.3. The molecule has 1 saturated carbocycles. The molecule has 3 heteroatoms. The quantitative estimate of drug-likeness (QED) is 0.812. The lowest BCUT2D eigenvalue weighted by atomic mass is 9.72. The molecule has 6 atom stereocenters. The lowest BCUT2D eigenvalue weighted by Gasteiger charge is -2.43. The molecule has 2 aliphatic rings. The predicted octanol–water partition coefficient (Wildman–Crippen LogP) is 2.35. The van der Waals surface area contributed by atoms with Crippen LogP contribution in [-0.4, -0.2) is 48.3 Å². The third-order valence-electron chi connectivity index (χ3n) is 5.77. The van der Waals surface area contributed by atoms with Crippen LogP contribution in [0.5, 0.6) is 0 Å². The molecule has 0 aromatic carbocycles. The summed E-state index contributed by atoms with van der Waals surface area (Å²) in [5.41, 5.74) is 0. The molecule has 6 unspecified atom stereocenters. The second-order valence-corrected chi connectivity index (χ2v) is 7.39. The van der Waals surface area contributed by atoms with Crippen LogP contribution < -0.4 is 5.32 Å². The number of hydrogen-bond acceptors (Lipinski definition) is 3. The highest BCUT2D eigenvalue weighted by Crippen LogP contribution is 2.36. The molecule has 118 valence electrons. The average Bonchev–Trinajstić information content (AvgIpc) is 2.74. The molecule has 2 rings (SSSR count). The Labute approximate surface area is 125 Å². The van der Waals surface area contributed by atoms with E-state index in [9.17, 15) is 5.11 Å². The first-order chi connectivity index (χ1) is 9.56. The Morgan fingerprint density at radius 2 is 1.90 bits per heavy atom. The molecule has 1 heterocycles. The lowest BCUT2D eigenvalue weighted by molar-refractivity contribution is 0.0717. The van der Waals surface area contributed by atoms with Gasteiger partial charge in [-0.15, -0.1) is 0 Å². The van der Waals surface area contributed by atoms with Gasteiger partial charge in [-0.25, -0.2) is 0 Å². The Hall–Kier alpha value is -0.120. The van der Waals surface area contributed by atoms with Crippen LogP contribution >= 0.6 is 0 Å². The number of nitrogens with one attached hydrogen (secondary N) is 1. The SMILES string of the molecule is CCNC1CC(C)CC(C)C1CN1CCC(C)C1CO. The molecule has 2 N–H and O–H groups in total. The van der Waals surface area contributed by atoms with Crippen molar-refractivity contribution in [1.82, 2.24) is 10.2 Å². The van der Waals surface area contributed by atoms with E-state index in [1.165, 1.54) is 32.4 Å². The fraction of sp³-hybridized carbons (Fsp3) is 1.00. The van der Waals surface area contributed by atoms with E-state index in [2.05, 4.69) is 37.9 Å². The topological polar surface area (TPSA) is 35.5 Å². The van der Waals surface area contributed by atoms with Gasteiger partial charge in [0.25, 0.3) is 0 Å². The Morgan fingerprint density at radius 1 is 1.15 bits per heavy atom. The van der Waals surface area contributed by atoms with Crippen molar-refractivity contribution in [3.63, 3.8) is 0 Å². The minimum absolute atomic E-state index is 0.324. The van der Waals surface area contributed by atoms with Gasteiger partial charge in [0.05, 0.1) is 6.61 Å². The van der Waals surface area contributed by atoms with Crippen LogP contribution in [0.2, 0.25) is 0 Å². The molecule has 2 fully saturated rings. The highest BCUT2D eigenvalue weighted by atomic mass is 16.3. The predicted molar refractivity (Wildman–Crippen MR) is 84.7 cm³/mol.